The number of rotatable bonds is 5. The van der Waals surface area contributed by atoms with Gasteiger partial charge < -0.3 is 9.71 Å². The zero-order valence-corrected chi connectivity index (χ0v) is 19.2. The highest BCUT2D eigenvalue weighted by molar-refractivity contribution is 6.30. The fraction of sp³-hybridized carbons (Fsp3) is 0.273. The molecular formula is C22H20B2ClF2N3O4. The van der Waals surface area contributed by atoms with Crippen molar-refractivity contribution in [2.45, 2.75) is 37.3 Å². The molecule has 1 fully saturated rings. The summed E-state index contributed by atoms with van der Waals surface area (Å²) in [4.78, 5) is 51.7. The van der Waals surface area contributed by atoms with E-state index in [2.05, 4.69) is 5.32 Å². The third kappa shape index (κ3) is 4.32. The van der Waals surface area contributed by atoms with Crippen LogP contribution in [0.5, 0.6) is 0 Å². The van der Waals surface area contributed by atoms with Gasteiger partial charge in [0.05, 0.1) is 0 Å². The van der Waals surface area contributed by atoms with Crippen molar-refractivity contribution in [3.05, 3.63) is 69.7 Å². The van der Waals surface area contributed by atoms with E-state index in [1.165, 1.54) is 25.0 Å². The maximum atomic E-state index is 14.7. The first-order valence-corrected chi connectivity index (χ1v) is 11.0. The van der Waals surface area contributed by atoms with Crippen molar-refractivity contribution in [2.75, 3.05) is 0 Å². The van der Waals surface area contributed by atoms with E-state index in [1.54, 1.807) is 26.0 Å². The van der Waals surface area contributed by atoms with Crippen LogP contribution in [0.2, 0.25) is 10.8 Å². The lowest BCUT2D eigenvalue weighted by atomic mass is 9.75. The Morgan fingerprint density at radius 2 is 1.85 bits per heavy atom. The van der Waals surface area contributed by atoms with Crippen LogP contribution >= 0.6 is 11.6 Å². The Hall–Kier alpha value is -3.20. The molecule has 1 N–H and O–H groups in total. The molecule has 0 spiro atoms. The number of amides is 4. The van der Waals surface area contributed by atoms with E-state index in [0.717, 1.165) is 16.9 Å². The van der Waals surface area contributed by atoms with Crippen LogP contribution in [0.1, 0.15) is 33.5 Å². The monoisotopic (exact) mass is 485 g/mol. The number of imide groups is 1. The third-order valence-corrected chi connectivity index (χ3v) is 6.41. The molecule has 0 bridgehead atoms. The predicted molar refractivity (Wildman–Crippen MR) is 125 cm³/mol. The summed E-state index contributed by atoms with van der Waals surface area (Å²) in [7, 11) is 3.02. The number of fused-ring (bicyclic) bond motifs is 1. The van der Waals surface area contributed by atoms with Gasteiger partial charge >= 0.3 is 5.92 Å². The normalized spacial score (nSPS) is 20.2. The van der Waals surface area contributed by atoms with E-state index in [9.17, 15) is 28.0 Å². The van der Waals surface area contributed by atoms with Crippen molar-refractivity contribution < 1.29 is 28.0 Å². The first kappa shape index (κ1) is 23.9. The molecule has 0 saturated carbocycles. The van der Waals surface area contributed by atoms with Gasteiger partial charge in [0, 0.05) is 35.7 Å². The summed E-state index contributed by atoms with van der Waals surface area (Å²) < 4.78 is 29.4. The zero-order chi connectivity index (χ0) is 24.8. The molecular weight excluding hydrogens is 465 g/mol. The van der Waals surface area contributed by atoms with E-state index in [-0.39, 0.29) is 42.2 Å². The van der Waals surface area contributed by atoms with Gasteiger partial charge in [-0.15, -0.1) is 0 Å². The average Bonchev–Trinajstić information content (AvgIpc) is 3.08. The van der Waals surface area contributed by atoms with Crippen LogP contribution in [0.3, 0.4) is 0 Å². The van der Waals surface area contributed by atoms with Gasteiger partial charge in [0.15, 0.2) is 0 Å². The quantitative estimate of drug-likeness (QED) is 0.502. The van der Waals surface area contributed by atoms with Crippen LogP contribution < -0.4 is 5.32 Å². The Balaban J connectivity index is 1.49. The predicted octanol–water partition coefficient (Wildman–Crippen LogP) is 0.801. The number of halogens is 3. The molecule has 4 rings (SSSR count). The second-order valence-corrected chi connectivity index (χ2v) is 9.14. The van der Waals surface area contributed by atoms with Gasteiger partial charge in [0.1, 0.15) is 13.9 Å². The molecule has 174 valence electrons. The van der Waals surface area contributed by atoms with Crippen molar-refractivity contribution in [2.24, 2.45) is 0 Å². The summed E-state index contributed by atoms with van der Waals surface area (Å²) in [5, 5.41) is 2.56. The van der Waals surface area contributed by atoms with Crippen molar-refractivity contribution in [3.63, 3.8) is 0 Å². The SMILES string of the molecule is BC1CC(=O)NC(=O)C1N1Cc2cc(CN(B)C(=O)C(F)(F)c3ccc(Cl)cc3)ccc2C1=O. The van der Waals surface area contributed by atoms with Gasteiger partial charge in [-0.1, -0.05) is 35.9 Å². The van der Waals surface area contributed by atoms with Gasteiger partial charge in [-0.05, 0) is 35.1 Å². The minimum atomic E-state index is -3.73. The first-order valence-electron chi connectivity index (χ1n) is 10.6. The van der Waals surface area contributed by atoms with Crippen molar-refractivity contribution in [1.82, 2.24) is 15.0 Å². The number of alkyl halides is 2. The molecule has 2 aliphatic rings. The summed E-state index contributed by atoms with van der Waals surface area (Å²) in [5.74, 6) is -6.65. The van der Waals surface area contributed by atoms with Gasteiger partial charge in [-0.2, -0.15) is 8.78 Å². The Morgan fingerprint density at radius 1 is 1.18 bits per heavy atom. The van der Waals surface area contributed by atoms with Gasteiger partial charge in [0.2, 0.25) is 19.8 Å². The van der Waals surface area contributed by atoms with Crippen LogP contribution in [-0.2, 0) is 33.4 Å². The highest BCUT2D eigenvalue weighted by Gasteiger charge is 2.44. The zero-order valence-electron chi connectivity index (χ0n) is 18.5. The minimum Gasteiger partial charge on any atom is -0.384 e. The lowest BCUT2D eigenvalue weighted by molar-refractivity contribution is -0.154. The highest BCUT2D eigenvalue weighted by atomic mass is 35.5. The van der Waals surface area contributed by atoms with Gasteiger partial charge in [-0.3, -0.25) is 24.5 Å². The van der Waals surface area contributed by atoms with Crippen molar-refractivity contribution in [3.8, 4) is 0 Å². The number of benzene rings is 2. The summed E-state index contributed by atoms with van der Waals surface area (Å²) >= 11 is 5.75. The summed E-state index contributed by atoms with van der Waals surface area (Å²) in [6.07, 6.45) is 0.135. The maximum Gasteiger partial charge on any atom is 0.348 e. The van der Waals surface area contributed by atoms with E-state index >= 15 is 0 Å². The number of carbonyl (C=O) groups excluding carboxylic acids is 4. The molecule has 2 aliphatic heterocycles. The molecule has 0 radical (unpaired) electrons. The molecule has 2 aromatic carbocycles. The van der Waals surface area contributed by atoms with Crippen LogP contribution in [0.25, 0.3) is 0 Å². The number of hydrogen-bond donors (Lipinski definition) is 1. The lowest BCUT2D eigenvalue weighted by Crippen LogP contribution is -2.55. The molecule has 2 unspecified atom stereocenters. The lowest BCUT2D eigenvalue weighted by Gasteiger charge is -2.34. The Morgan fingerprint density at radius 3 is 2.50 bits per heavy atom. The molecule has 0 aromatic heterocycles. The molecule has 2 aromatic rings. The molecule has 0 aliphatic carbocycles. The number of nitrogens with one attached hydrogen (secondary N) is 1. The van der Waals surface area contributed by atoms with Crippen LogP contribution in [0, 0.1) is 0 Å². The molecule has 2 heterocycles. The molecule has 2 atom stereocenters. The van der Waals surface area contributed by atoms with E-state index in [0.29, 0.717) is 16.7 Å². The van der Waals surface area contributed by atoms with Crippen molar-refractivity contribution in [1.29, 1.82) is 0 Å². The maximum absolute atomic E-state index is 14.7. The molecule has 34 heavy (non-hydrogen) atoms. The third-order valence-electron chi connectivity index (χ3n) is 6.16. The number of hydrogen-bond acceptors (Lipinski definition) is 4. The Bertz CT molecular complexity index is 1200. The molecule has 4 amide bonds. The van der Waals surface area contributed by atoms with E-state index in [1.807, 2.05) is 0 Å². The molecule has 1 saturated heterocycles. The summed E-state index contributed by atoms with van der Waals surface area (Å²) in [6.45, 7) is 0.0511. The molecule has 7 nitrogen and oxygen atoms in total. The fourth-order valence-electron chi connectivity index (χ4n) is 4.46. The second kappa shape index (κ2) is 8.87. The standard InChI is InChI=1S/C22H20B2ClF2N3O4/c23-16-8-17(31)28-19(32)18(16)29-10-12-7-11(1-6-15(12)20(29)33)9-30(24)21(34)22(26,27)13-2-4-14(25)5-3-13/h1-7,16,18H,8-10,23-24H2,(H,28,31,32). The average molecular weight is 485 g/mol. The number of piperidine rings is 1. The van der Waals surface area contributed by atoms with Crippen LogP contribution in [-0.4, -0.2) is 55.2 Å². The summed E-state index contributed by atoms with van der Waals surface area (Å²) in [6, 6.07) is 8.88. The van der Waals surface area contributed by atoms with Crippen molar-refractivity contribution >= 4 is 51.1 Å². The smallest absolute Gasteiger partial charge is 0.348 e. The Kier molecular flexibility index (Phi) is 6.24. The summed E-state index contributed by atoms with van der Waals surface area (Å²) in [5.41, 5.74) is 1.14. The van der Waals surface area contributed by atoms with Gasteiger partial charge in [0.25, 0.3) is 11.8 Å². The topological polar surface area (TPSA) is 86.8 Å². The largest absolute Gasteiger partial charge is 0.384 e. The Labute approximate surface area is 201 Å². The van der Waals surface area contributed by atoms with Crippen LogP contribution in [0.4, 0.5) is 8.78 Å². The highest BCUT2D eigenvalue weighted by Crippen LogP contribution is 2.33. The molecule has 12 heteroatoms. The van der Waals surface area contributed by atoms with E-state index < -0.39 is 29.3 Å². The first-order chi connectivity index (χ1) is 16.0. The fourth-order valence-corrected chi connectivity index (χ4v) is 4.59. The minimum absolute atomic E-state index is 0.0989. The second-order valence-electron chi connectivity index (χ2n) is 8.71. The van der Waals surface area contributed by atoms with E-state index in [4.69, 9.17) is 11.6 Å². The van der Waals surface area contributed by atoms with Crippen LogP contribution in [0.15, 0.2) is 42.5 Å². The van der Waals surface area contributed by atoms with Gasteiger partial charge in [-0.25, -0.2) is 0 Å². The number of nitrogens with zero attached hydrogens (tertiary/aromatic N) is 2. The number of carbonyl (C=O) groups is 4.